The van der Waals surface area contributed by atoms with Crippen LogP contribution in [0.4, 0.5) is 5.69 Å². The number of aliphatic hydroxyl groups excluding tert-OH is 1. The highest BCUT2D eigenvalue weighted by Crippen LogP contribution is 2.52. The molecule has 0 unspecified atom stereocenters. The number of phosphoric ester groups is 4. The van der Waals surface area contributed by atoms with Crippen LogP contribution in [0, 0.1) is 0 Å². The number of anilines is 1. The first-order chi connectivity index (χ1) is 16.6. The molecule has 2 rings (SSSR count). The highest BCUT2D eigenvalue weighted by Gasteiger charge is 2.60. The molecule has 6 atom stereocenters. The quantitative estimate of drug-likeness (QED) is 0.0775. The Hall–Kier alpha value is -1.11. The van der Waals surface area contributed by atoms with Crippen LogP contribution in [0.25, 0.3) is 0 Å². The minimum Gasteiger partial charge on any atom is -0.453 e. The summed E-state index contributed by atoms with van der Waals surface area (Å²) in [5.41, 5.74) is 5.32. The van der Waals surface area contributed by atoms with Crippen molar-refractivity contribution in [2.75, 3.05) is 5.73 Å². The van der Waals surface area contributed by atoms with Crippen molar-refractivity contribution in [3.63, 3.8) is 0 Å². The molecular formula is C13H21NO19P4. The SMILES string of the molecule is Nc1ccc(C(=O)O[C@@H]2[C@H](OP(=O)(O)O)[C@@H](OP(=O)(O)O)[C@H](OP(=O)(O)O)[C@@H](O)[C@@H]2OP(=O)(O)O)cc1. The summed E-state index contributed by atoms with van der Waals surface area (Å²) in [6.07, 6.45) is -16.2. The van der Waals surface area contributed by atoms with E-state index in [4.69, 9.17) is 20.3 Å². The Morgan fingerprint density at radius 3 is 1.32 bits per heavy atom. The van der Waals surface area contributed by atoms with E-state index in [0.717, 1.165) is 12.1 Å². The maximum atomic E-state index is 12.7. The van der Waals surface area contributed by atoms with Gasteiger partial charge < -0.3 is 54.7 Å². The zero-order chi connectivity index (χ0) is 28.6. The molecular weight excluding hydrogens is 598 g/mol. The van der Waals surface area contributed by atoms with E-state index >= 15 is 0 Å². The van der Waals surface area contributed by atoms with Crippen molar-refractivity contribution in [1.82, 2.24) is 0 Å². The molecule has 11 N–H and O–H groups in total. The topological polar surface area (TPSA) is 340 Å². The molecule has 24 heteroatoms. The molecule has 37 heavy (non-hydrogen) atoms. The average Bonchev–Trinajstić information content (AvgIpc) is 2.67. The Labute approximate surface area is 205 Å². The van der Waals surface area contributed by atoms with Crippen molar-refractivity contribution in [3.05, 3.63) is 29.8 Å². The number of esters is 1. The molecule has 0 radical (unpaired) electrons. The van der Waals surface area contributed by atoms with Gasteiger partial charge in [-0.25, -0.2) is 23.1 Å². The van der Waals surface area contributed by atoms with E-state index in [2.05, 4.69) is 18.1 Å². The third kappa shape index (κ3) is 10.2. The predicted molar refractivity (Wildman–Crippen MR) is 114 cm³/mol. The number of benzene rings is 1. The van der Waals surface area contributed by atoms with Crippen molar-refractivity contribution in [1.29, 1.82) is 0 Å². The van der Waals surface area contributed by atoms with Crippen molar-refractivity contribution in [2.24, 2.45) is 0 Å². The van der Waals surface area contributed by atoms with E-state index in [1.54, 1.807) is 0 Å². The van der Waals surface area contributed by atoms with Gasteiger partial charge in [0, 0.05) is 5.69 Å². The third-order valence-corrected chi connectivity index (χ3v) is 6.47. The normalized spacial score (nSPS) is 27.6. The number of carbonyl (C=O) groups excluding carboxylic acids is 1. The standard InChI is InChI=1S/C13H21NO19P4/c14-6-3-1-5(2-4-6)13(16)29-10-8(30-34(17,18)19)7(15)9(31-35(20,21)22)11(32-36(23,24)25)12(10)33-37(26,27)28/h1-4,7-12,15H,14H2,(H2,17,18,19)(H2,20,21,22)(H2,23,24,25)(H2,26,27,28)/t7-,8-,9+,10-,11-,12-/m0/s1. The molecule has 0 aliphatic heterocycles. The van der Waals surface area contributed by atoms with Crippen LogP contribution in [0.15, 0.2) is 24.3 Å². The Morgan fingerprint density at radius 1 is 0.622 bits per heavy atom. The largest absolute Gasteiger partial charge is 0.470 e. The van der Waals surface area contributed by atoms with E-state index in [1.807, 2.05) is 0 Å². The molecule has 1 aliphatic carbocycles. The van der Waals surface area contributed by atoms with Crippen molar-refractivity contribution < 1.29 is 90.1 Å². The Kier molecular flexibility index (Phi) is 10.0. The molecule has 0 spiro atoms. The number of hydrogen-bond donors (Lipinski definition) is 10. The van der Waals surface area contributed by atoms with Gasteiger partial charge >= 0.3 is 37.3 Å². The van der Waals surface area contributed by atoms with Gasteiger partial charge in [-0.3, -0.25) is 18.1 Å². The Balaban J connectivity index is 2.70. The van der Waals surface area contributed by atoms with E-state index in [9.17, 15) is 57.5 Å². The fraction of sp³-hybridized carbons (Fsp3) is 0.462. The second-order valence-electron chi connectivity index (χ2n) is 7.22. The van der Waals surface area contributed by atoms with Gasteiger partial charge in [-0.05, 0) is 24.3 Å². The maximum absolute atomic E-state index is 12.7. The molecule has 1 fully saturated rings. The van der Waals surface area contributed by atoms with Crippen LogP contribution in [-0.2, 0) is 41.1 Å². The number of nitrogens with two attached hydrogens (primary N) is 1. The van der Waals surface area contributed by atoms with Gasteiger partial charge in [0.2, 0.25) is 0 Å². The highest BCUT2D eigenvalue weighted by atomic mass is 31.2. The molecule has 0 heterocycles. The Bertz CT molecular complexity index is 1150. The number of aliphatic hydroxyl groups is 1. The van der Waals surface area contributed by atoms with Crippen molar-refractivity contribution >= 4 is 42.9 Å². The van der Waals surface area contributed by atoms with E-state index < -0.39 is 73.9 Å². The minimum atomic E-state index is -5.79. The van der Waals surface area contributed by atoms with Gasteiger partial charge in [-0.2, -0.15) is 0 Å². The summed E-state index contributed by atoms with van der Waals surface area (Å²) in [6, 6.07) is 4.53. The first-order valence-electron chi connectivity index (χ1n) is 9.27. The highest BCUT2D eigenvalue weighted by molar-refractivity contribution is 7.47. The predicted octanol–water partition coefficient (Wildman–Crippen LogP) is -1.92. The van der Waals surface area contributed by atoms with Crippen LogP contribution in [0.1, 0.15) is 10.4 Å². The maximum Gasteiger partial charge on any atom is 0.470 e. The Morgan fingerprint density at radius 2 is 0.946 bits per heavy atom. The minimum absolute atomic E-state index is 0.169. The summed E-state index contributed by atoms with van der Waals surface area (Å²) in [4.78, 5) is 86.6. The molecule has 1 saturated carbocycles. The van der Waals surface area contributed by atoms with E-state index in [-0.39, 0.29) is 11.3 Å². The summed E-state index contributed by atoms with van der Waals surface area (Å²) in [7, 11) is -23.0. The lowest BCUT2D eigenvalue weighted by atomic mass is 9.85. The number of nitrogen functional groups attached to an aromatic ring is 1. The molecule has 1 aliphatic rings. The lowest BCUT2D eigenvalue weighted by Crippen LogP contribution is -2.66. The fourth-order valence-corrected chi connectivity index (χ4v) is 5.44. The lowest BCUT2D eigenvalue weighted by molar-refractivity contribution is -0.209. The summed E-state index contributed by atoms with van der Waals surface area (Å²) in [5.74, 6) is -1.43. The fourth-order valence-electron chi connectivity index (χ4n) is 3.20. The summed E-state index contributed by atoms with van der Waals surface area (Å²) in [5, 5.41) is 10.6. The lowest BCUT2D eigenvalue weighted by Gasteiger charge is -2.46. The molecule has 1 aromatic rings. The van der Waals surface area contributed by atoms with Crippen LogP contribution in [0.3, 0.4) is 0 Å². The molecule has 212 valence electrons. The van der Waals surface area contributed by atoms with Crippen LogP contribution in [-0.4, -0.2) is 86.8 Å². The third-order valence-electron chi connectivity index (χ3n) is 4.39. The monoisotopic (exact) mass is 619 g/mol. The number of hydrogen-bond acceptors (Lipinski definition) is 12. The molecule has 20 nitrogen and oxygen atoms in total. The number of ether oxygens (including phenoxy) is 1. The number of phosphoric acid groups is 4. The van der Waals surface area contributed by atoms with Crippen LogP contribution in [0.5, 0.6) is 0 Å². The first-order valence-corrected chi connectivity index (χ1v) is 15.4. The molecule has 0 saturated heterocycles. The van der Waals surface area contributed by atoms with Gasteiger partial charge in [-0.15, -0.1) is 0 Å². The summed E-state index contributed by atoms with van der Waals surface area (Å²) < 4.78 is 68.3. The van der Waals surface area contributed by atoms with Gasteiger partial charge in [0.15, 0.2) is 6.10 Å². The van der Waals surface area contributed by atoms with E-state index in [1.165, 1.54) is 12.1 Å². The number of rotatable bonds is 10. The van der Waals surface area contributed by atoms with Gasteiger partial charge in [0.05, 0.1) is 5.56 Å². The number of carbonyl (C=O) groups is 1. The second-order valence-corrected chi connectivity index (χ2v) is 12.0. The molecule has 0 bridgehead atoms. The van der Waals surface area contributed by atoms with Crippen LogP contribution >= 0.6 is 31.3 Å². The zero-order valence-corrected chi connectivity index (χ0v) is 21.3. The van der Waals surface area contributed by atoms with Crippen LogP contribution < -0.4 is 5.73 Å². The van der Waals surface area contributed by atoms with E-state index in [0.29, 0.717) is 0 Å². The van der Waals surface area contributed by atoms with Crippen molar-refractivity contribution in [3.8, 4) is 0 Å². The first kappa shape index (κ1) is 32.1. The van der Waals surface area contributed by atoms with Gasteiger partial charge in [-0.1, -0.05) is 0 Å². The smallest absolute Gasteiger partial charge is 0.453 e. The summed E-state index contributed by atoms with van der Waals surface area (Å²) >= 11 is 0. The average molecular weight is 619 g/mol. The van der Waals surface area contributed by atoms with Crippen molar-refractivity contribution in [2.45, 2.75) is 36.6 Å². The molecule has 0 aromatic heterocycles. The van der Waals surface area contributed by atoms with Gasteiger partial charge in [0.1, 0.15) is 30.5 Å². The molecule has 0 amide bonds. The zero-order valence-electron chi connectivity index (χ0n) is 17.7. The second kappa shape index (κ2) is 11.6. The molecule has 1 aromatic carbocycles. The summed E-state index contributed by atoms with van der Waals surface area (Å²) in [6.45, 7) is 0. The van der Waals surface area contributed by atoms with Crippen LogP contribution in [0.2, 0.25) is 0 Å². The van der Waals surface area contributed by atoms with Gasteiger partial charge in [0.25, 0.3) is 0 Å².